The quantitative estimate of drug-likeness (QED) is 0.868. The Morgan fingerprint density at radius 1 is 1.42 bits per heavy atom. The average Bonchev–Trinajstić information content (AvgIpc) is 2.95. The molecule has 24 heavy (non-hydrogen) atoms. The number of hydrogen-bond acceptors (Lipinski definition) is 4. The number of piperidine rings is 1. The van der Waals surface area contributed by atoms with Gasteiger partial charge in [-0.2, -0.15) is 0 Å². The Labute approximate surface area is 152 Å². The van der Waals surface area contributed by atoms with Crippen molar-refractivity contribution in [3.05, 3.63) is 46.2 Å². The molecular formula is C16H21Cl2N5O. The van der Waals surface area contributed by atoms with Gasteiger partial charge in [-0.25, -0.2) is 4.68 Å². The molecule has 1 aromatic carbocycles. The van der Waals surface area contributed by atoms with E-state index in [-0.39, 0.29) is 18.3 Å². The highest BCUT2D eigenvalue weighted by atomic mass is 35.5. The highest BCUT2D eigenvalue weighted by Gasteiger charge is 2.22. The molecule has 0 spiro atoms. The lowest BCUT2D eigenvalue weighted by molar-refractivity contribution is 0.0945. The highest BCUT2D eigenvalue weighted by Crippen LogP contribution is 2.20. The van der Waals surface area contributed by atoms with Gasteiger partial charge in [0.2, 0.25) is 0 Å². The zero-order chi connectivity index (χ0) is 16.2. The Hall–Kier alpha value is -1.63. The Balaban J connectivity index is 0.00000208. The summed E-state index contributed by atoms with van der Waals surface area (Å²) in [4.78, 5) is 12.3. The molecule has 0 saturated carbocycles. The van der Waals surface area contributed by atoms with Crippen LogP contribution in [0.2, 0.25) is 5.02 Å². The van der Waals surface area contributed by atoms with Gasteiger partial charge in [0.05, 0.1) is 11.7 Å². The predicted molar refractivity (Wildman–Crippen MR) is 95.8 cm³/mol. The third-order valence-electron chi connectivity index (χ3n) is 4.14. The van der Waals surface area contributed by atoms with Crippen LogP contribution in [0.3, 0.4) is 0 Å². The van der Waals surface area contributed by atoms with Gasteiger partial charge in [0, 0.05) is 11.6 Å². The Morgan fingerprint density at radius 3 is 2.88 bits per heavy atom. The van der Waals surface area contributed by atoms with Crippen LogP contribution in [0, 0.1) is 6.92 Å². The van der Waals surface area contributed by atoms with Gasteiger partial charge >= 0.3 is 0 Å². The minimum absolute atomic E-state index is 0. The summed E-state index contributed by atoms with van der Waals surface area (Å²) in [6.45, 7) is 4.26. The van der Waals surface area contributed by atoms with E-state index in [1.54, 1.807) is 0 Å². The number of amides is 1. The Bertz CT molecular complexity index is 698. The number of carbonyl (C=O) groups is 1. The second-order valence-electron chi connectivity index (χ2n) is 5.76. The molecule has 1 fully saturated rings. The summed E-state index contributed by atoms with van der Waals surface area (Å²) in [5.74, 6) is -0.206. The van der Waals surface area contributed by atoms with Crippen LogP contribution in [0.1, 0.15) is 40.6 Å². The maximum atomic E-state index is 12.3. The van der Waals surface area contributed by atoms with Crippen molar-refractivity contribution in [3.8, 4) is 0 Å². The summed E-state index contributed by atoms with van der Waals surface area (Å²) in [6.07, 6.45) is 2.02. The number of nitrogens with one attached hydrogen (secondary N) is 2. The second-order valence-corrected chi connectivity index (χ2v) is 6.20. The molecule has 3 rings (SSSR count). The Kier molecular flexibility index (Phi) is 6.60. The van der Waals surface area contributed by atoms with Gasteiger partial charge in [0.25, 0.3) is 5.91 Å². The van der Waals surface area contributed by atoms with Gasteiger partial charge < -0.3 is 10.6 Å². The lowest BCUT2D eigenvalue weighted by Crippen LogP contribution is -2.30. The monoisotopic (exact) mass is 369 g/mol. The summed E-state index contributed by atoms with van der Waals surface area (Å²) in [6, 6.07) is 7.74. The summed E-state index contributed by atoms with van der Waals surface area (Å²) in [5.41, 5.74) is 2.17. The number of carbonyl (C=O) groups excluding carboxylic acids is 1. The molecular weight excluding hydrogens is 349 g/mol. The molecule has 0 bridgehead atoms. The van der Waals surface area contributed by atoms with Gasteiger partial charge in [-0.3, -0.25) is 4.79 Å². The van der Waals surface area contributed by atoms with E-state index in [1.807, 2.05) is 35.9 Å². The molecule has 2 heterocycles. The second kappa shape index (κ2) is 8.46. The lowest BCUT2D eigenvalue weighted by Gasteiger charge is -2.23. The highest BCUT2D eigenvalue weighted by molar-refractivity contribution is 6.30. The van der Waals surface area contributed by atoms with Gasteiger partial charge in [0.1, 0.15) is 0 Å². The first-order chi connectivity index (χ1) is 11.1. The molecule has 130 valence electrons. The normalized spacial score (nSPS) is 14.9. The van der Waals surface area contributed by atoms with Gasteiger partial charge in [-0.15, -0.1) is 17.5 Å². The van der Waals surface area contributed by atoms with Crippen LogP contribution in [0.15, 0.2) is 24.3 Å². The van der Waals surface area contributed by atoms with Crippen LogP contribution >= 0.6 is 24.0 Å². The van der Waals surface area contributed by atoms with Crippen LogP contribution in [-0.2, 0) is 6.54 Å². The van der Waals surface area contributed by atoms with Crippen LogP contribution in [0.4, 0.5) is 0 Å². The largest absolute Gasteiger partial charge is 0.347 e. The van der Waals surface area contributed by atoms with Crippen LogP contribution < -0.4 is 10.6 Å². The van der Waals surface area contributed by atoms with Gasteiger partial charge in [0.15, 0.2) is 5.69 Å². The maximum Gasteiger partial charge on any atom is 0.274 e. The van der Waals surface area contributed by atoms with Crippen molar-refractivity contribution >= 4 is 29.9 Å². The number of aromatic nitrogens is 3. The van der Waals surface area contributed by atoms with Crippen molar-refractivity contribution in [2.45, 2.75) is 32.4 Å². The van der Waals surface area contributed by atoms with Crippen molar-refractivity contribution in [2.75, 3.05) is 13.1 Å². The Morgan fingerprint density at radius 2 is 2.17 bits per heavy atom. The molecule has 2 aromatic rings. The molecule has 2 N–H and O–H groups in total. The maximum absolute atomic E-state index is 12.3. The zero-order valence-corrected chi connectivity index (χ0v) is 15.0. The molecule has 1 aromatic heterocycles. The average molecular weight is 370 g/mol. The van der Waals surface area contributed by atoms with E-state index in [9.17, 15) is 4.79 Å². The molecule has 0 aliphatic carbocycles. The van der Waals surface area contributed by atoms with E-state index in [2.05, 4.69) is 20.9 Å². The molecule has 8 heteroatoms. The fraction of sp³-hybridized carbons (Fsp3) is 0.438. The standard InChI is InChI=1S/C16H20ClN5O.ClH/c1-11-15(20-21-22(11)14-5-7-18-8-6-14)16(23)19-10-12-3-2-4-13(17)9-12;/h2-4,9,14,18H,5-8,10H2,1H3,(H,19,23);1H. The van der Waals surface area contributed by atoms with Gasteiger partial charge in [-0.05, 0) is 50.6 Å². The molecule has 1 amide bonds. The van der Waals surface area contributed by atoms with Crippen molar-refractivity contribution in [1.29, 1.82) is 0 Å². The number of hydrogen-bond donors (Lipinski definition) is 2. The molecule has 1 aliphatic heterocycles. The lowest BCUT2D eigenvalue weighted by atomic mass is 10.1. The zero-order valence-electron chi connectivity index (χ0n) is 13.5. The van der Waals surface area contributed by atoms with Crippen molar-refractivity contribution in [2.24, 2.45) is 0 Å². The van der Waals surface area contributed by atoms with E-state index in [1.165, 1.54) is 0 Å². The summed E-state index contributed by atoms with van der Waals surface area (Å²) < 4.78 is 1.88. The van der Waals surface area contributed by atoms with Crippen molar-refractivity contribution < 1.29 is 4.79 Å². The first kappa shape index (κ1) is 18.7. The number of rotatable bonds is 4. The molecule has 1 saturated heterocycles. The minimum atomic E-state index is -0.206. The predicted octanol–water partition coefficient (Wildman–Crippen LogP) is 2.52. The van der Waals surface area contributed by atoms with E-state index < -0.39 is 0 Å². The van der Waals surface area contributed by atoms with E-state index in [0.717, 1.165) is 37.2 Å². The first-order valence-electron chi connectivity index (χ1n) is 7.80. The van der Waals surface area contributed by atoms with Gasteiger partial charge in [-0.1, -0.05) is 28.9 Å². The number of halogens is 2. The molecule has 6 nitrogen and oxygen atoms in total. The molecule has 1 aliphatic rings. The number of benzene rings is 1. The molecule has 0 atom stereocenters. The van der Waals surface area contributed by atoms with E-state index in [4.69, 9.17) is 11.6 Å². The molecule has 0 unspecified atom stereocenters. The molecule has 0 radical (unpaired) electrons. The topological polar surface area (TPSA) is 71.8 Å². The third kappa shape index (κ3) is 4.26. The third-order valence-corrected chi connectivity index (χ3v) is 4.37. The van der Waals surface area contributed by atoms with E-state index in [0.29, 0.717) is 23.3 Å². The number of nitrogens with zero attached hydrogens (tertiary/aromatic N) is 3. The SMILES string of the molecule is Cc1c(C(=O)NCc2cccc(Cl)c2)nnn1C1CCNCC1.Cl. The summed E-state index contributed by atoms with van der Waals surface area (Å²) >= 11 is 5.95. The fourth-order valence-corrected chi connectivity index (χ4v) is 3.07. The smallest absolute Gasteiger partial charge is 0.274 e. The van der Waals surface area contributed by atoms with Crippen molar-refractivity contribution in [3.63, 3.8) is 0 Å². The summed E-state index contributed by atoms with van der Waals surface area (Å²) in [5, 5.41) is 15.1. The minimum Gasteiger partial charge on any atom is -0.347 e. The fourth-order valence-electron chi connectivity index (χ4n) is 2.86. The first-order valence-corrected chi connectivity index (χ1v) is 8.18. The van der Waals surface area contributed by atoms with Crippen LogP contribution in [-0.4, -0.2) is 34.0 Å². The van der Waals surface area contributed by atoms with Crippen LogP contribution in [0.5, 0.6) is 0 Å². The summed E-state index contributed by atoms with van der Waals surface area (Å²) in [7, 11) is 0. The van der Waals surface area contributed by atoms with E-state index >= 15 is 0 Å². The van der Waals surface area contributed by atoms with Crippen LogP contribution in [0.25, 0.3) is 0 Å². The van der Waals surface area contributed by atoms with Crippen molar-refractivity contribution in [1.82, 2.24) is 25.6 Å².